The molecule has 0 fully saturated rings. The molecule has 88 valence electrons. The number of esters is 1. The molecule has 0 bridgehead atoms. The van der Waals surface area contributed by atoms with E-state index in [4.69, 9.17) is 16.3 Å². The Labute approximate surface area is 102 Å². The number of aryl methyl sites for hydroxylation is 1. The largest absolute Gasteiger partial charge is 0.453 e. The zero-order valence-corrected chi connectivity index (χ0v) is 10.6. The molecular weight excluding hydrogens is 252 g/mol. The van der Waals surface area contributed by atoms with Gasteiger partial charge in [-0.3, -0.25) is 14.9 Å². The molecule has 0 unspecified atom stereocenters. The molecule has 1 rings (SSSR count). The highest BCUT2D eigenvalue weighted by molar-refractivity contribution is 7.16. The van der Waals surface area contributed by atoms with Crippen molar-refractivity contribution in [1.82, 2.24) is 4.98 Å². The molecule has 5 nitrogen and oxygen atoms in total. The molecule has 1 aromatic heterocycles. The zero-order valence-electron chi connectivity index (χ0n) is 9.04. The summed E-state index contributed by atoms with van der Waals surface area (Å²) >= 11 is 7.00. The topological polar surface area (TPSA) is 68.3 Å². The highest BCUT2D eigenvalue weighted by atomic mass is 35.5. The first-order chi connectivity index (χ1) is 7.40. The Hall–Kier alpha value is -1.14. The third kappa shape index (κ3) is 3.46. The van der Waals surface area contributed by atoms with Crippen LogP contribution in [0.1, 0.15) is 18.7 Å². The van der Waals surface area contributed by atoms with Gasteiger partial charge in [0, 0.05) is 11.8 Å². The van der Waals surface area contributed by atoms with Crippen molar-refractivity contribution < 1.29 is 14.3 Å². The van der Waals surface area contributed by atoms with E-state index in [1.165, 1.54) is 25.2 Å². The van der Waals surface area contributed by atoms with Crippen LogP contribution in [-0.2, 0) is 14.3 Å². The van der Waals surface area contributed by atoms with E-state index >= 15 is 0 Å². The summed E-state index contributed by atoms with van der Waals surface area (Å²) < 4.78 is 4.71. The fourth-order valence-corrected chi connectivity index (χ4v) is 1.90. The monoisotopic (exact) mass is 262 g/mol. The normalized spacial score (nSPS) is 12.0. The van der Waals surface area contributed by atoms with Crippen LogP contribution < -0.4 is 5.32 Å². The SMILES string of the molecule is CC(=O)O[C@H](C)C(=O)Nc1nc(Cl)c(C)s1. The lowest BCUT2D eigenvalue weighted by Crippen LogP contribution is -2.29. The summed E-state index contributed by atoms with van der Waals surface area (Å²) in [5.74, 6) is -0.934. The molecule has 7 heteroatoms. The van der Waals surface area contributed by atoms with Crippen LogP contribution >= 0.6 is 22.9 Å². The standard InChI is InChI=1S/C9H11ClN2O3S/c1-4(15-6(3)13)8(14)12-9-11-7(10)5(2)16-9/h4H,1-3H3,(H,11,12,14)/t4-/m1/s1. The smallest absolute Gasteiger partial charge is 0.303 e. The number of nitrogens with one attached hydrogen (secondary N) is 1. The lowest BCUT2D eigenvalue weighted by Gasteiger charge is -2.10. The molecule has 0 radical (unpaired) electrons. The first-order valence-electron chi connectivity index (χ1n) is 4.51. The van der Waals surface area contributed by atoms with Crippen LogP contribution in [0.25, 0.3) is 0 Å². The van der Waals surface area contributed by atoms with Crippen molar-refractivity contribution in [2.75, 3.05) is 5.32 Å². The second kappa shape index (κ2) is 5.27. The predicted octanol–water partition coefficient (Wildman–Crippen LogP) is 2.00. The van der Waals surface area contributed by atoms with Crippen LogP contribution in [-0.4, -0.2) is 23.0 Å². The van der Waals surface area contributed by atoms with Crippen molar-refractivity contribution in [2.45, 2.75) is 26.9 Å². The van der Waals surface area contributed by atoms with Crippen molar-refractivity contribution in [3.63, 3.8) is 0 Å². The minimum atomic E-state index is -0.847. The van der Waals surface area contributed by atoms with Crippen LogP contribution in [0.3, 0.4) is 0 Å². The third-order valence-corrected chi connectivity index (χ3v) is 3.05. The fourth-order valence-electron chi connectivity index (χ4n) is 0.941. The summed E-state index contributed by atoms with van der Waals surface area (Å²) in [7, 11) is 0. The molecule has 0 spiro atoms. The third-order valence-electron chi connectivity index (χ3n) is 1.68. The molecule has 0 saturated heterocycles. The summed E-state index contributed by atoms with van der Waals surface area (Å²) in [4.78, 5) is 26.9. The zero-order chi connectivity index (χ0) is 12.3. The number of rotatable bonds is 3. The van der Waals surface area contributed by atoms with E-state index in [1.54, 1.807) is 6.92 Å². The highest BCUT2D eigenvalue weighted by Crippen LogP contribution is 2.25. The Balaban J connectivity index is 2.60. The van der Waals surface area contributed by atoms with Crippen molar-refractivity contribution in [3.05, 3.63) is 10.0 Å². The summed E-state index contributed by atoms with van der Waals surface area (Å²) in [6.45, 7) is 4.53. The lowest BCUT2D eigenvalue weighted by molar-refractivity contribution is -0.150. The summed E-state index contributed by atoms with van der Waals surface area (Å²) in [5, 5.41) is 3.27. The predicted molar refractivity (Wildman–Crippen MR) is 61.7 cm³/mol. The maximum Gasteiger partial charge on any atom is 0.303 e. The van der Waals surface area contributed by atoms with Crippen LogP contribution in [0, 0.1) is 6.92 Å². The summed E-state index contributed by atoms with van der Waals surface area (Å²) in [5.41, 5.74) is 0. The maximum atomic E-state index is 11.5. The number of nitrogens with zero attached hydrogens (tertiary/aromatic N) is 1. The van der Waals surface area contributed by atoms with Crippen molar-refractivity contribution in [2.24, 2.45) is 0 Å². The fraction of sp³-hybridized carbons (Fsp3) is 0.444. The second-order valence-electron chi connectivity index (χ2n) is 3.11. The van der Waals surface area contributed by atoms with E-state index in [2.05, 4.69) is 10.3 Å². The number of carbonyl (C=O) groups excluding carboxylic acids is 2. The van der Waals surface area contributed by atoms with Gasteiger partial charge in [0.2, 0.25) is 0 Å². The number of thiazole rings is 1. The molecule has 0 aromatic carbocycles. The average molecular weight is 263 g/mol. The first-order valence-corrected chi connectivity index (χ1v) is 5.70. The molecule has 16 heavy (non-hydrogen) atoms. The van der Waals surface area contributed by atoms with Crippen molar-refractivity contribution >= 4 is 39.9 Å². The van der Waals surface area contributed by atoms with E-state index in [-0.39, 0.29) is 0 Å². The number of amides is 1. The van der Waals surface area contributed by atoms with Crippen LogP contribution in [0.2, 0.25) is 5.15 Å². The minimum Gasteiger partial charge on any atom is -0.453 e. The Morgan fingerprint density at radius 2 is 2.19 bits per heavy atom. The van der Waals surface area contributed by atoms with Gasteiger partial charge in [-0.15, -0.1) is 11.3 Å². The van der Waals surface area contributed by atoms with Crippen LogP contribution in [0.4, 0.5) is 5.13 Å². The van der Waals surface area contributed by atoms with Gasteiger partial charge in [0.1, 0.15) is 5.15 Å². The Morgan fingerprint density at radius 3 is 2.62 bits per heavy atom. The number of carbonyl (C=O) groups is 2. The molecule has 1 amide bonds. The van der Waals surface area contributed by atoms with Gasteiger partial charge in [-0.25, -0.2) is 4.98 Å². The number of hydrogen-bond donors (Lipinski definition) is 1. The van der Waals surface area contributed by atoms with Gasteiger partial charge < -0.3 is 4.74 Å². The maximum absolute atomic E-state index is 11.5. The Bertz CT molecular complexity index is 399. The lowest BCUT2D eigenvalue weighted by atomic mass is 10.4. The number of anilines is 1. The molecular formula is C9H11ClN2O3S. The molecule has 0 saturated carbocycles. The summed E-state index contributed by atoms with van der Waals surface area (Å²) in [6.07, 6.45) is -0.847. The number of aromatic nitrogens is 1. The molecule has 1 aromatic rings. The molecule has 0 aliphatic rings. The van der Waals surface area contributed by atoms with E-state index < -0.39 is 18.0 Å². The van der Waals surface area contributed by atoms with E-state index in [9.17, 15) is 9.59 Å². The van der Waals surface area contributed by atoms with Gasteiger partial charge >= 0.3 is 5.97 Å². The molecule has 0 aliphatic carbocycles. The number of ether oxygens (including phenoxy) is 1. The molecule has 1 N–H and O–H groups in total. The van der Waals surface area contributed by atoms with E-state index in [0.29, 0.717) is 10.3 Å². The average Bonchev–Trinajstić information content (AvgIpc) is 2.44. The van der Waals surface area contributed by atoms with Crippen molar-refractivity contribution in [3.8, 4) is 0 Å². The number of halogens is 1. The quantitative estimate of drug-likeness (QED) is 0.846. The van der Waals surface area contributed by atoms with Gasteiger partial charge in [-0.05, 0) is 13.8 Å². The van der Waals surface area contributed by atoms with Gasteiger partial charge in [-0.2, -0.15) is 0 Å². The Kier molecular flexibility index (Phi) is 4.26. The minimum absolute atomic E-state index is 0.362. The highest BCUT2D eigenvalue weighted by Gasteiger charge is 2.17. The van der Waals surface area contributed by atoms with Gasteiger partial charge in [0.25, 0.3) is 5.91 Å². The molecule has 1 atom stereocenters. The van der Waals surface area contributed by atoms with E-state index in [1.807, 2.05) is 0 Å². The van der Waals surface area contributed by atoms with Gasteiger partial charge in [0.05, 0.1) is 0 Å². The molecule has 1 heterocycles. The van der Waals surface area contributed by atoms with Gasteiger partial charge in [0.15, 0.2) is 11.2 Å². The van der Waals surface area contributed by atoms with Crippen LogP contribution in [0.15, 0.2) is 0 Å². The van der Waals surface area contributed by atoms with Crippen molar-refractivity contribution in [1.29, 1.82) is 0 Å². The summed E-state index contributed by atoms with van der Waals surface area (Å²) in [6, 6.07) is 0. The second-order valence-corrected chi connectivity index (χ2v) is 4.67. The van der Waals surface area contributed by atoms with Gasteiger partial charge in [-0.1, -0.05) is 11.6 Å². The van der Waals surface area contributed by atoms with Crippen LogP contribution in [0.5, 0.6) is 0 Å². The number of hydrogen-bond acceptors (Lipinski definition) is 5. The Morgan fingerprint density at radius 1 is 1.56 bits per heavy atom. The first kappa shape index (κ1) is 12.9. The van der Waals surface area contributed by atoms with E-state index in [0.717, 1.165) is 4.88 Å². The molecule has 0 aliphatic heterocycles.